The van der Waals surface area contributed by atoms with Gasteiger partial charge in [-0.2, -0.15) is 13.2 Å². The number of esters is 1. The smallest absolute Gasteiger partial charge is 0.404 e. The van der Waals surface area contributed by atoms with Gasteiger partial charge in [0, 0.05) is 0 Å². The molecule has 6 heteroatoms. The van der Waals surface area contributed by atoms with Crippen molar-refractivity contribution in [2.24, 2.45) is 17.6 Å². The maximum Gasteiger partial charge on any atom is 0.404 e. The highest BCUT2D eigenvalue weighted by Crippen LogP contribution is 2.28. The van der Waals surface area contributed by atoms with Gasteiger partial charge in [-0.25, -0.2) is 0 Å². The molecule has 0 fully saturated rings. The van der Waals surface area contributed by atoms with Crippen LogP contribution in [0.5, 0.6) is 0 Å². The molecule has 3 nitrogen and oxygen atoms in total. The third-order valence-electron chi connectivity index (χ3n) is 3.54. The molecule has 0 rings (SSSR count). The summed E-state index contributed by atoms with van der Waals surface area (Å²) in [7, 11) is 0. The molecular formula is C16H30F3NO2. The van der Waals surface area contributed by atoms with Crippen LogP contribution in [-0.4, -0.2) is 24.8 Å². The van der Waals surface area contributed by atoms with Crippen molar-refractivity contribution in [3.8, 4) is 0 Å². The molecule has 22 heavy (non-hydrogen) atoms. The van der Waals surface area contributed by atoms with E-state index in [4.69, 9.17) is 10.5 Å². The van der Waals surface area contributed by atoms with Crippen molar-refractivity contribution in [1.29, 1.82) is 0 Å². The number of halogens is 3. The lowest BCUT2D eigenvalue weighted by Gasteiger charge is -2.24. The van der Waals surface area contributed by atoms with E-state index in [-0.39, 0.29) is 18.9 Å². The number of hydrogen-bond donors (Lipinski definition) is 1. The van der Waals surface area contributed by atoms with Crippen LogP contribution in [-0.2, 0) is 9.53 Å². The largest absolute Gasteiger partial charge is 0.465 e. The van der Waals surface area contributed by atoms with E-state index in [2.05, 4.69) is 6.92 Å². The fourth-order valence-electron chi connectivity index (χ4n) is 2.17. The standard InChI is InChI=1S/C16H30F3NO2/c1-4-5-6-7-8-9-10-13(14(20)16(17,18)19)15(21)22-11-12(2)3/h12-14H,4-11,20H2,1-3H3/t13-,14-/m0/s1. The molecule has 0 aliphatic carbocycles. The lowest BCUT2D eigenvalue weighted by Crippen LogP contribution is -2.47. The van der Waals surface area contributed by atoms with Crippen LogP contribution in [0.3, 0.4) is 0 Å². The zero-order chi connectivity index (χ0) is 17.2. The fraction of sp³-hybridized carbons (Fsp3) is 0.938. The third-order valence-corrected chi connectivity index (χ3v) is 3.54. The zero-order valence-corrected chi connectivity index (χ0v) is 13.9. The predicted octanol–water partition coefficient (Wildman–Crippen LogP) is 4.44. The molecule has 0 aliphatic rings. The minimum absolute atomic E-state index is 0.0840. The molecule has 0 saturated carbocycles. The number of nitrogens with two attached hydrogens (primary N) is 1. The Hall–Kier alpha value is -0.780. The van der Waals surface area contributed by atoms with Gasteiger partial charge in [-0.1, -0.05) is 59.3 Å². The molecule has 0 aromatic rings. The molecule has 0 amide bonds. The van der Waals surface area contributed by atoms with Gasteiger partial charge in [-0.05, 0) is 12.3 Å². The molecule has 0 spiro atoms. The quantitative estimate of drug-likeness (QED) is 0.451. The molecule has 132 valence electrons. The normalized spacial score (nSPS) is 14.9. The maximum atomic E-state index is 12.8. The number of carbonyl (C=O) groups is 1. The van der Waals surface area contributed by atoms with Crippen molar-refractivity contribution in [1.82, 2.24) is 0 Å². The van der Waals surface area contributed by atoms with Crippen LogP contribution in [0.4, 0.5) is 13.2 Å². The molecule has 0 bridgehead atoms. The lowest BCUT2D eigenvalue weighted by molar-refractivity contribution is -0.177. The number of ether oxygens (including phenoxy) is 1. The first-order chi connectivity index (χ1) is 10.2. The summed E-state index contributed by atoms with van der Waals surface area (Å²) in [6.07, 6.45) is 1.22. The average Bonchev–Trinajstić information content (AvgIpc) is 2.42. The van der Waals surface area contributed by atoms with E-state index in [0.29, 0.717) is 6.42 Å². The third kappa shape index (κ3) is 9.28. The van der Waals surface area contributed by atoms with E-state index in [1.165, 1.54) is 0 Å². The Morgan fingerprint density at radius 3 is 2.14 bits per heavy atom. The van der Waals surface area contributed by atoms with Gasteiger partial charge in [0.25, 0.3) is 0 Å². The van der Waals surface area contributed by atoms with E-state index in [1.54, 1.807) is 0 Å². The molecule has 0 aromatic heterocycles. The molecule has 2 N–H and O–H groups in total. The van der Waals surface area contributed by atoms with Crippen LogP contribution in [0.15, 0.2) is 0 Å². The second kappa shape index (κ2) is 10.9. The van der Waals surface area contributed by atoms with Gasteiger partial charge in [0.15, 0.2) is 0 Å². The predicted molar refractivity (Wildman–Crippen MR) is 81.3 cm³/mol. The Morgan fingerprint density at radius 1 is 1.09 bits per heavy atom. The Labute approximate surface area is 131 Å². The van der Waals surface area contributed by atoms with Crippen molar-refractivity contribution in [3.63, 3.8) is 0 Å². The summed E-state index contributed by atoms with van der Waals surface area (Å²) in [6, 6.07) is -2.15. The van der Waals surface area contributed by atoms with Gasteiger partial charge in [-0.3, -0.25) is 4.79 Å². The van der Waals surface area contributed by atoms with Crippen LogP contribution < -0.4 is 5.73 Å². The van der Waals surface area contributed by atoms with Gasteiger partial charge in [0.05, 0.1) is 12.5 Å². The SMILES string of the molecule is CCCCCCCC[C@H](C(=O)OCC(C)C)[C@H](N)C(F)(F)F. The Kier molecular flexibility index (Phi) is 10.5. The molecule has 0 aromatic carbocycles. The summed E-state index contributed by atoms with van der Waals surface area (Å²) in [5.74, 6) is -2.04. The van der Waals surface area contributed by atoms with E-state index < -0.39 is 24.1 Å². The van der Waals surface area contributed by atoms with Crippen LogP contribution in [0.1, 0.15) is 65.7 Å². The van der Waals surface area contributed by atoms with E-state index >= 15 is 0 Å². The molecule has 0 aliphatic heterocycles. The van der Waals surface area contributed by atoms with Crippen molar-refractivity contribution in [2.75, 3.05) is 6.61 Å². The number of rotatable bonds is 11. The Balaban J connectivity index is 4.43. The maximum absolute atomic E-state index is 12.8. The van der Waals surface area contributed by atoms with Crippen LogP contribution in [0.2, 0.25) is 0 Å². The molecule has 0 radical (unpaired) electrons. The van der Waals surface area contributed by atoms with E-state index in [0.717, 1.165) is 32.1 Å². The number of alkyl halides is 3. The lowest BCUT2D eigenvalue weighted by atomic mass is 9.93. The molecular weight excluding hydrogens is 295 g/mol. The van der Waals surface area contributed by atoms with Gasteiger partial charge in [0.2, 0.25) is 0 Å². The summed E-state index contributed by atoms with van der Waals surface area (Å²) >= 11 is 0. The second-order valence-electron chi connectivity index (χ2n) is 6.25. The van der Waals surface area contributed by atoms with E-state index in [1.807, 2.05) is 13.8 Å². The minimum atomic E-state index is -4.58. The zero-order valence-electron chi connectivity index (χ0n) is 13.9. The summed E-state index contributed by atoms with van der Waals surface area (Å²) in [4.78, 5) is 11.9. The van der Waals surface area contributed by atoms with Crippen LogP contribution in [0.25, 0.3) is 0 Å². The summed E-state index contributed by atoms with van der Waals surface area (Å²) < 4.78 is 43.4. The summed E-state index contributed by atoms with van der Waals surface area (Å²) in [6.45, 7) is 5.89. The summed E-state index contributed by atoms with van der Waals surface area (Å²) in [5, 5.41) is 0. The minimum Gasteiger partial charge on any atom is -0.465 e. The Morgan fingerprint density at radius 2 is 1.64 bits per heavy atom. The van der Waals surface area contributed by atoms with Crippen molar-refractivity contribution in [3.05, 3.63) is 0 Å². The Bertz CT molecular complexity index is 306. The fourth-order valence-corrected chi connectivity index (χ4v) is 2.17. The molecule has 0 unspecified atom stereocenters. The van der Waals surface area contributed by atoms with Crippen molar-refractivity contribution in [2.45, 2.75) is 77.9 Å². The van der Waals surface area contributed by atoms with Gasteiger partial charge in [0.1, 0.15) is 6.04 Å². The first kappa shape index (κ1) is 21.2. The number of hydrogen-bond acceptors (Lipinski definition) is 3. The van der Waals surface area contributed by atoms with Gasteiger partial charge >= 0.3 is 12.1 Å². The second-order valence-corrected chi connectivity index (χ2v) is 6.25. The van der Waals surface area contributed by atoms with Gasteiger partial charge in [-0.15, -0.1) is 0 Å². The molecule has 0 heterocycles. The van der Waals surface area contributed by atoms with Crippen LogP contribution >= 0.6 is 0 Å². The van der Waals surface area contributed by atoms with Gasteiger partial charge < -0.3 is 10.5 Å². The number of unbranched alkanes of at least 4 members (excludes halogenated alkanes) is 5. The summed E-state index contributed by atoms with van der Waals surface area (Å²) in [5.41, 5.74) is 5.24. The average molecular weight is 325 g/mol. The first-order valence-electron chi connectivity index (χ1n) is 8.19. The van der Waals surface area contributed by atoms with Crippen LogP contribution in [0, 0.1) is 11.8 Å². The first-order valence-corrected chi connectivity index (χ1v) is 8.19. The molecule has 0 saturated heterocycles. The highest BCUT2D eigenvalue weighted by molar-refractivity contribution is 5.73. The molecule has 2 atom stereocenters. The van der Waals surface area contributed by atoms with E-state index in [9.17, 15) is 18.0 Å². The topological polar surface area (TPSA) is 52.3 Å². The van der Waals surface area contributed by atoms with Crippen molar-refractivity contribution < 1.29 is 22.7 Å². The van der Waals surface area contributed by atoms with Crippen molar-refractivity contribution >= 4 is 5.97 Å². The highest BCUT2D eigenvalue weighted by Gasteiger charge is 2.45. The monoisotopic (exact) mass is 325 g/mol. The number of carbonyl (C=O) groups excluding carboxylic acids is 1. The highest BCUT2D eigenvalue weighted by atomic mass is 19.4.